The quantitative estimate of drug-likeness (QED) is 0.683. The summed E-state index contributed by atoms with van der Waals surface area (Å²) in [7, 11) is 4.04. The van der Waals surface area contributed by atoms with E-state index in [0.29, 0.717) is 0 Å². The molecule has 0 aliphatic rings. The molecule has 2 heteroatoms. The van der Waals surface area contributed by atoms with E-state index in [0.717, 1.165) is 6.67 Å². The lowest BCUT2D eigenvalue weighted by molar-refractivity contribution is 0.774. The Morgan fingerprint density at radius 1 is 1.33 bits per heavy atom. The van der Waals surface area contributed by atoms with Crippen molar-refractivity contribution in [3.8, 4) is 0 Å². The van der Waals surface area contributed by atoms with Crippen molar-refractivity contribution in [1.82, 2.24) is 5.32 Å². The number of benzene rings is 1. The van der Waals surface area contributed by atoms with Crippen molar-refractivity contribution in [3.63, 3.8) is 0 Å². The molecule has 0 spiro atoms. The Morgan fingerprint density at radius 3 is 2.58 bits per heavy atom. The second-order valence-corrected chi connectivity index (χ2v) is 3.00. The first-order valence-corrected chi connectivity index (χ1v) is 4.17. The van der Waals surface area contributed by atoms with E-state index in [2.05, 4.69) is 48.5 Å². The number of hydrogen-bond donors (Lipinski definition) is 1. The lowest BCUT2D eigenvalue weighted by Gasteiger charge is -2.20. The van der Waals surface area contributed by atoms with Crippen LogP contribution in [0.15, 0.2) is 24.3 Å². The predicted octanol–water partition coefficient (Wildman–Crippen LogP) is 1.61. The molecule has 0 aliphatic heterocycles. The molecule has 1 aromatic carbocycles. The maximum absolute atomic E-state index is 3.12. The number of aryl methyl sites for hydroxylation is 1. The van der Waals surface area contributed by atoms with E-state index in [-0.39, 0.29) is 0 Å². The summed E-state index contributed by atoms with van der Waals surface area (Å²) >= 11 is 0. The number of anilines is 1. The molecule has 0 saturated heterocycles. The van der Waals surface area contributed by atoms with Crippen molar-refractivity contribution < 1.29 is 0 Å². The van der Waals surface area contributed by atoms with E-state index in [1.165, 1.54) is 11.3 Å². The highest BCUT2D eigenvalue weighted by Crippen LogP contribution is 2.16. The van der Waals surface area contributed by atoms with Crippen LogP contribution in [-0.4, -0.2) is 20.8 Å². The summed E-state index contributed by atoms with van der Waals surface area (Å²) in [4.78, 5) is 2.19. The van der Waals surface area contributed by atoms with E-state index in [4.69, 9.17) is 0 Å². The van der Waals surface area contributed by atoms with Crippen LogP contribution in [-0.2, 0) is 0 Å². The Morgan fingerprint density at radius 2 is 2.00 bits per heavy atom. The van der Waals surface area contributed by atoms with E-state index in [9.17, 15) is 0 Å². The van der Waals surface area contributed by atoms with Gasteiger partial charge in [-0.1, -0.05) is 18.2 Å². The minimum atomic E-state index is 0.880. The maximum atomic E-state index is 3.12. The van der Waals surface area contributed by atoms with Crippen LogP contribution >= 0.6 is 0 Å². The third-order valence-electron chi connectivity index (χ3n) is 1.92. The number of nitrogens with zero attached hydrogens (tertiary/aromatic N) is 1. The zero-order chi connectivity index (χ0) is 8.97. The SMILES string of the molecule is CNCN(C)c1ccccc1C. The van der Waals surface area contributed by atoms with Crippen LogP contribution in [0.5, 0.6) is 0 Å². The van der Waals surface area contributed by atoms with E-state index in [1.54, 1.807) is 0 Å². The Balaban J connectivity index is 2.79. The monoisotopic (exact) mass is 164 g/mol. The van der Waals surface area contributed by atoms with E-state index in [1.807, 2.05) is 7.05 Å². The molecular weight excluding hydrogens is 148 g/mol. The molecule has 1 N–H and O–H groups in total. The van der Waals surface area contributed by atoms with Gasteiger partial charge in [0, 0.05) is 12.7 Å². The van der Waals surface area contributed by atoms with Crippen molar-refractivity contribution in [3.05, 3.63) is 29.8 Å². The molecule has 0 atom stereocenters. The molecular formula is C10H16N2. The van der Waals surface area contributed by atoms with Gasteiger partial charge in [-0.2, -0.15) is 0 Å². The van der Waals surface area contributed by atoms with Gasteiger partial charge < -0.3 is 10.2 Å². The largest absolute Gasteiger partial charge is 0.362 e. The maximum Gasteiger partial charge on any atom is 0.0676 e. The molecule has 0 saturated carbocycles. The Hall–Kier alpha value is -1.02. The standard InChI is InChI=1S/C10H16N2/c1-9-6-4-5-7-10(9)12(3)8-11-2/h4-7,11H,8H2,1-3H3. The van der Waals surface area contributed by atoms with Crippen molar-refractivity contribution in [2.75, 3.05) is 25.7 Å². The first kappa shape index (κ1) is 9.07. The average Bonchev–Trinajstić information content (AvgIpc) is 2.05. The van der Waals surface area contributed by atoms with Crippen molar-refractivity contribution in [2.24, 2.45) is 0 Å². The van der Waals surface area contributed by atoms with Gasteiger partial charge in [0.15, 0.2) is 0 Å². The molecule has 0 bridgehead atoms. The average molecular weight is 164 g/mol. The van der Waals surface area contributed by atoms with Crippen LogP contribution in [0.1, 0.15) is 5.56 Å². The lowest BCUT2D eigenvalue weighted by atomic mass is 10.2. The van der Waals surface area contributed by atoms with Crippen molar-refractivity contribution in [1.29, 1.82) is 0 Å². The fraction of sp³-hybridized carbons (Fsp3) is 0.400. The summed E-state index contributed by atoms with van der Waals surface area (Å²) in [6, 6.07) is 8.38. The number of rotatable bonds is 3. The van der Waals surface area contributed by atoms with Crippen LogP contribution in [0.2, 0.25) is 0 Å². The summed E-state index contributed by atoms with van der Waals surface area (Å²) in [5.74, 6) is 0. The predicted molar refractivity (Wildman–Crippen MR) is 53.5 cm³/mol. The van der Waals surface area contributed by atoms with Gasteiger partial charge in [-0.05, 0) is 25.6 Å². The highest BCUT2D eigenvalue weighted by atomic mass is 15.2. The zero-order valence-electron chi connectivity index (χ0n) is 7.96. The smallest absolute Gasteiger partial charge is 0.0676 e. The van der Waals surface area contributed by atoms with Gasteiger partial charge in [-0.25, -0.2) is 0 Å². The Kier molecular flexibility index (Phi) is 3.11. The van der Waals surface area contributed by atoms with Crippen molar-refractivity contribution in [2.45, 2.75) is 6.92 Å². The third-order valence-corrected chi connectivity index (χ3v) is 1.92. The van der Waals surface area contributed by atoms with Gasteiger partial charge in [0.05, 0.1) is 6.67 Å². The third kappa shape index (κ3) is 1.98. The fourth-order valence-electron chi connectivity index (χ4n) is 1.31. The summed E-state index contributed by atoms with van der Waals surface area (Å²) in [5, 5.41) is 3.12. The summed E-state index contributed by atoms with van der Waals surface area (Å²) in [6.45, 7) is 3.01. The highest BCUT2D eigenvalue weighted by Gasteiger charge is 2.00. The molecule has 0 heterocycles. The van der Waals surface area contributed by atoms with Gasteiger partial charge in [-0.15, -0.1) is 0 Å². The lowest BCUT2D eigenvalue weighted by Crippen LogP contribution is -2.28. The van der Waals surface area contributed by atoms with Gasteiger partial charge in [0.1, 0.15) is 0 Å². The first-order valence-electron chi connectivity index (χ1n) is 4.17. The van der Waals surface area contributed by atoms with Crippen LogP contribution in [0.25, 0.3) is 0 Å². The van der Waals surface area contributed by atoms with Gasteiger partial charge >= 0.3 is 0 Å². The highest BCUT2D eigenvalue weighted by molar-refractivity contribution is 5.51. The van der Waals surface area contributed by atoms with Gasteiger partial charge in [0.25, 0.3) is 0 Å². The topological polar surface area (TPSA) is 15.3 Å². The first-order chi connectivity index (χ1) is 5.75. The molecule has 0 amide bonds. The van der Waals surface area contributed by atoms with Gasteiger partial charge in [0.2, 0.25) is 0 Å². The number of nitrogens with one attached hydrogen (secondary N) is 1. The Bertz CT molecular complexity index is 245. The molecule has 66 valence electrons. The molecule has 0 aromatic heterocycles. The minimum Gasteiger partial charge on any atom is -0.362 e. The van der Waals surface area contributed by atoms with Crippen molar-refractivity contribution >= 4 is 5.69 Å². The molecule has 1 rings (SSSR count). The molecule has 0 aliphatic carbocycles. The second kappa shape index (κ2) is 4.12. The van der Waals surface area contributed by atoms with E-state index < -0.39 is 0 Å². The minimum absolute atomic E-state index is 0.880. The van der Waals surface area contributed by atoms with E-state index >= 15 is 0 Å². The molecule has 1 aromatic rings. The molecule has 0 fully saturated rings. The Labute approximate surface area is 74.2 Å². The normalized spacial score (nSPS) is 9.92. The van der Waals surface area contributed by atoms with Crippen LogP contribution in [0.4, 0.5) is 5.69 Å². The molecule has 2 nitrogen and oxygen atoms in total. The summed E-state index contributed by atoms with van der Waals surface area (Å²) in [6.07, 6.45) is 0. The number of para-hydroxylation sites is 1. The van der Waals surface area contributed by atoms with Crippen LogP contribution in [0.3, 0.4) is 0 Å². The second-order valence-electron chi connectivity index (χ2n) is 3.00. The number of hydrogen-bond acceptors (Lipinski definition) is 2. The van der Waals surface area contributed by atoms with Crippen LogP contribution < -0.4 is 10.2 Å². The summed E-state index contributed by atoms with van der Waals surface area (Å²) in [5.41, 5.74) is 2.60. The zero-order valence-corrected chi connectivity index (χ0v) is 7.96. The molecule has 0 radical (unpaired) electrons. The fourth-order valence-corrected chi connectivity index (χ4v) is 1.31. The van der Waals surface area contributed by atoms with Gasteiger partial charge in [-0.3, -0.25) is 0 Å². The summed E-state index contributed by atoms with van der Waals surface area (Å²) < 4.78 is 0. The van der Waals surface area contributed by atoms with Crippen LogP contribution in [0, 0.1) is 6.92 Å². The molecule has 0 unspecified atom stereocenters. The molecule has 12 heavy (non-hydrogen) atoms.